The quantitative estimate of drug-likeness (QED) is 0.677. The molecule has 1 aromatic heterocycles. The maximum atomic E-state index is 12.5. The number of benzene rings is 2. The van der Waals surface area contributed by atoms with Gasteiger partial charge in [-0.3, -0.25) is 14.2 Å². The standard InChI is InChI=1S/C21H21ClN4O2/c1-13-8-14(2)10-16(9-13)24-21-23-15(3)11-20(28)26(21)12-19(27)25-18-7-5-4-6-17(18)22/h4-11H,12H2,1-3H3,(H,23,24)(H,25,27). The molecule has 0 aliphatic rings. The lowest BCUT2D eigenvalue weighted by atomic mass is 10.1. The lowest BCUT2D eigenvalue weighted by Gasteiger charge is -2.15. The lowest BCUT2D eigenvalue weighted by molar-refractivity contribution is -0.116. The van der Waals surface area contributed by atoms with Gasteiger partial charge in [0.2, 0.25) is 11.9 Å². The van der Waals surface area contributed by atoms with Crippen molar-refractivity contribution in [2.24, 2.45) is 0 Å². The number of aromatic nitrogens is 2. The summed E-state index contributed by atoms with van der Waals surface area (Å²) in [5.74, 6) is -0.0614. The van der Waals surface area contributed by atoms with Gasteiger partial charge in [0.1, 0.15) is 6.54 Å². The van der Waals surface area contributed by atoms with Crippen LogP contribution >= 0.6 is 11.6 Å². The van der Waals surface area contributed by atoms with Gasteiger partial charge in [-0.25, -0.2) is 4.98 Å². The van der Waals surface area contributed by atoms with Gasteiger partial charge in [0, 0.05) is 17.4 Å². The molecule has 0 saturated heterocycles. The molecule has 3 aromatic rings. The molecule has 144 valence electrons. The molecule has 7 heteroatoms. The van der Waals surface area contributed by atoms with E-state index in [4.69, 9.17) is 11.6 Å². The molecule has 3 rings (SSSR count). The van der Waals surface area contributed by atoms with Crippen molar-refractivity contribution < 1.29 is 4.79 Å². The fraction of sp³-hybridized carbons (Fsp3) is 0.190. The van der Waals surface area contributed by atoms with Gasteiger partial charge in [-0.1, -0.05) is 29.8 Å². The highest BCUT2D eigenvalue weighted by Gasteiger charge is 2.13. The molecule has 0 aliphatic carbocycles. The normalized spacial score (nSPS) is 10.6. The number of rotatable bonds is 5. The topological polar surface area (TPSA) is 76.0 Å². The van der Waals surface area contributed by atoms with Gasteiger partial charge in [0.25, 0.3) is 5.56 Å². The van der Waals surface area contributed by atoms with Gasteiger partial charge < -0.3 is 10.6 Å². The molecule has 0 atom stereocenters. The first-order valence-electron chi connectivity index (χ1n) is 8.80. The Morgan fingerprint density at radius 1 is 1.07 bits per heavy atom. The van der Waals surface area contributed by atoms with E-state index in [2.05, 4.69) is 21.7 Å². The molecule has 0 bridgehead atoms. The number of hydrogen-bond acceptors (Lipinski definition) is 4. The number of carbonyl (C=O) groups is 1. The van der Waals surface area contributed by atoms with Crippen LogP contribution in [0, 0.1) is 20.8 Å². The van der Waals surface area contributed by atoms with E-state index in [-0.39, 0.29) is 18.0 Å². The lowest BCUT2D eigenvalue weighted by Crippen LogP contribution is -2.30. The number of anilines is 3. The maximum Gasteiger partial charge on any atom is 0.255 e. The summed E-state index contributed by atoms with van der Waals surface area (Å²) in [5, 5.41) is 6.32. The highest BCUT2D eigenvalue weighted by molar-refractivity contribution is 6.33. The zero-order chi connectivity index (χ0) is 20.3. The van der Waals surface area contributed by atoms with E-state index in [0.29, 0.717) is 22.4 Å². The molecule has 0 saturated carbocycles. The van der Waals surface area contributed by atoms with Crippen molar-refractivity contribution in [1.29, 1.82) is 0 Å². The maximum absolute atomic E-state index is 12.5. The fourth-order valence-corrected chi connectivity index (χ4v) is 3.12. The van der Waals surface area contributed by atoms with Crippen LogP contribution in [0.3, 0.4) is 0 Å². The Bertz CT molecular complexity index is 1070. The van der Waals surface area contributed by atoms with Crippen molar-refractivity contribution in [2.45, 2.75) is 27.3 Å². The fourth-order valence-electron chi connectivity index (χ4n) is 2.94. The van der Waals surface area contributed by atoms with Gasteiger partial charge in [-0.15, -0.1) is 0 Å². The summed E-state index contributed by atoms with van der Waals surface area (Å²) in [4.78, 5) is 29.4. The van der Waals surface area contributed by atoms with Gasteiger partial charge >= 0.3 is 0 Å². The van der Waals surface area contributed by atoms with Gasteiger partial charge in [-0.05, 0) is 56.2 Å². The van der Waals surface area contributed by atoms with E-state index in [1.165, 1.54) is 10.6 Å². The number of halogens is 1. The Balaban J connectivity index is 1.89. The van der Waals surface area contributed by atoms with Crippen LogP contribution in [-0.4, -0.2) is 15.5 Å². The van der Waals surface area contributed by atoms with Crippen LogP contribution in [0.1, 0.15) is 16.8 Å². The van der Waals surface area contributed by atoms with E-state index >= 15 is 0 Å². The Kier molecular flexibility index (Phi) is 5.80. The number of amides is 1. The third kappa shape index (κ3) is 4.78. The van der Waals surface area contributed by atoms with Crippen LogP contribution in [0.4, 0.5) is 17.3 Å². The predicted octanol–water partition coefficient (Wildman–Crippen LogP) is 4.20. The van der Waals surface area contributed by atoms with Crippen molar-refractivity contribution in [3.8, 4) is 0 Å². The summed E-state index contributed by atoms with van der Waals surface area (Å²) in [6.45, 7) is 5.53. The first kappa shape index (κ1) is 19.6. The van der Waals surface area contributed by atoms with Gasteiger partial charge in [-0.2, -0.15) is 0 Å². The van der Waals surface area contributed by atoms with Crippen LogP contribution in [0.15, 0.2) is 53.3 Å². The van der Waals surface area contributed by atoms with Crippen molar-refractivity contribution in [2.75, 3.05) is 10.6 Å². The highest BCUT2D eigenvalue weighted by Crippen LogP contribution is 2.21. The Labute approximate surface area is 168 Å². The molecule has 0 aliphatic heterocycles. The number of nitrogens with zero attached hydrogens (tertiary/aromatic N) is 2. The van der Waals surface area contributed by atoms with E-state index in [9.17, 15) is 9.59 Å². The molecule has 2 aromatic carbocycles. The van der Waals surface area contributed by atoms with E-state index in [1.807, 2.05) is 26.0 Å². The van der Waals surface area contributed by atoms with Crippen molar-refractivity contribution in [3.63, 3.8) is 0 Å². The summed E-state index contributed by atoms with van der Waals surface area (Å²) >= 11 is 6.08. The molecule has 0 radical (unpaired) electrons. The third-order valence-corrected chi connectivity index (χ3v) is 4.39. The molecule has 6 nitrogen and oxygen atoms in total. The molecule has 0 fully saturated rings. The minimum Gasteiger partial charge on any atom is -0.325 e. The highest BCUT2D eigenvalue weighted by atomic mass is 35.5. The van der Waals surface area contributed by atoms with Crippen molar-refractivity contribution in [3.05, 3.63) is 80.7 Å². The molecular weight excluding hydrogens is 376 g/mol. The first-order valence-corrected chi connectivity index (χ1v) is 9.18. The average Bonchev–Trinajstić information content (AvgIpc) is 2.59. The van der Waals surface area contributed by atoms with Gasteiger partial charge in [0.05, 0.1) is 10.7 Å². The minimum absolute atomic E-state index is 0.190. The second-order valence-corrected chi connectivity index (χ2v) is 7.08. The number of para-hydroxylation sites is 1. The van der Waals surface area contributed by atoms with Crippen LogP contribution in [0.5, 0.6) is 0 Å². The van der Waals surface area contributed by atoms with Crippen LogP contribution in [-0.2, 0) is 11.3 Å². The monoisotopic (exact) mass is 396 g/mol. The second-order valence-electron chi connectivity index (χ2n) is 6.67. The van der Waals surface area contributed by atoms with E-state index in [0.717, 1.165) is 16.8 Å². The molecule has 0 unspecified atom stereocenters. The van der Waals surface area contributed by atoms with Crippen molar-refractivity contribution in [1.82, 2.24) is 9.55 Å². The van der Waals surface area contributed by atoms with Crippen LogP contribution in [0.2, 0.25) is 5.02 Å². The Hall–Kier alpha value is -3.12. The Morgan fingerprint density at radius 3 is 2.43 bits per heavy atom. The summed E-state index contributed by atoms with van der Waals surface area (Å²) in [6, 6.07) is 14.3. The van der Waals surface area contributed by atoms with E-state index in [1.54, 1.807) is 31.2 Å². The third-order valence-electron chi connectivity index (χ3n) is 4.06. The summed E-state index contributed by atoms with van der Waals surface area (Å²) in [6.07, 6.45) is 0. The van der Waals surface area contributed by atoms with Crippen LogP contribution < -0.4 is 16.2 Å². The van der Waals surface area contributed by atoms with Crippen LogP contribution in [0.25, 0.3) is 0 Å². The Morgan fingerprint density at radius 2 is 1.75 bits per heavy atom. The molecular formula is C21H21ClN4O2. The second kappa shape index (κ2) is 8.27. The zero-order valence-electron chi connectivity index (χ0n) is 15.9. The first-order chi connectivity index (χ1) is 13.3. The molecule has 2 N–H and O–H groups in total. The number of aryl methyl sites for hydroxylation is 3. The van der Waals surface area contributed by atoms with Crippen molar-refractivity contribution >= 4 is 34.8 Å². The minimum atomic E-state index is -0.371. The number of nitrogens with one attached hydrogen (secondary N) is 2. The van der Waals surface area contributed by atoms with Gasteiger partial charge in [0.15, 0.2) is 0 Å². The predicted molar refractivity (Wildman–Crippen MR) is 113 cm³/mol. The number of hydrogen-bond donors (Lipinski definition) is 2. The zero-order valence-corrected chi connectivity index (χ0v) is 16.7. The smallest absolute Gasteiger partial charge is 0.255 e. The van der Waals surface area contributed by atoms with E-state index < -0.39 is 0 Å². The SMILES string of the molecule is Cc1cc(C)cc(Nc2nc(C)cc(=O)n2CC(=O)Nc2ccccc2Cl)c1. The average molecular weight is 397 g/mol. The molecule has 0 spiro atoms. The molecule has 1 heterocycles. The number of carbonyl (C=O) groups excluding carboxylic acids is 1. The summed E-state index contributed by atoms with van der Waals surface area (Å²) in [7, 11) is 0. The molecule has 28 heavy (non-hydrogen) atoms. The largest absolute Gasteiger partial charge is 0.325 e. The summed E-state index contributed by atoms with van der Waals surface area (Å²) < 4.78 is 1.30. The molecule has 1 amide bonds. The summed E-state index contributed by atoms with van der Waals surface area (Å²) in [5.41, 5.74) is 3.72.